The van der Waals surface area contributed by atoms with Crippen LogP contribution >= 0.6 is 23.1 Å². The van der Waals surface area contributed by atoms with Crippen LogP contribution in [0.25, 0.3) is 0 Å². The zero-order valence-corrected chi connectivity index (χ0v) is 25.5. The molecule has 1 fully saturated rings. The van der Waals surface area contributed by atoms with E-state index in [2.05, 4.69) is 5.32 Å². The summed E-state index contributed by atoms with van der Waals surface area (Å²) >= 11 is 1.43. The number of ether oxygens (including phenoxy) is 1. The van der Waals surface area contributed by atoms with Gasteiger partial charge in [0, 0.05) is 10.8 Å². The van der Waals surface area contributed by atoms with E-state index in [0.29, 0.717) is 27.5 Å². The van der Waals surface area contributed by atoms with E-state index < -0.39 is 81.1 Å². The van der Waals surface area contributed by atoms with Crippen molar-refractivity contribution in [2.75, 3.05) is 17.3 Å². The van der Waals surface area contributed by atoms with Crippen molar-refractivity contribution in [2.24, 2.45) is 5.92 Å². The maximum atomic E-state index is 14.0. The second-order valence-electron chi connectivity index (χ2n) is 10.6. The van der Waals surface area contributed by atoms with Crippen LogP contribution in [0.1, 0.15) is 27.5 Å². The Kier molecular flexibility index (Phi) is 8.20. The quantitative estimate of drug-likeness (QED) is 0.186. The first-order valence-corrected chi connectivity index (χ1v) is 15.4. The molecule has 2 aliphatic heterocycles. The van der Waals surface area contributed by atoms with Crippen molar-refractivity contribution in [3.63, 3.8) is 0 Å². The van der Waals surface area contributed by atoms with E-state index in [9.17, 15) is 45.5 Å². The average molecular weight is 694 g/mol. The van der Waals surface area contributed by atoms with Gasteiger partial charge in [0.05, 0.1) is 40.6 Å². The number of anilines is 2. The zero-order chi connectivity index (χ0) is 33.8. The van der Waals surface area contributed by atoms with Gasteiger partial charge in [-0.05, 0) is 42.0 Å². The second-order valence-corrected chi connectivity index (χ2v) is 12.7. The Morgan fingerprint density at radius 3 is 2.11 bits per heavy atom. The van der Waals surface area contributed by atoms with Crippen molar-refractivity contribution in [3.05, 3.63) is 104 Å². The maximum Gasteiger partial charge on any atom is 0.418 e. The Labute approximate surface area is 269 Å². The largest absolute Gasteiger partial charge is 0.497 e. The molecular formula is C31H21F6N3O5S2. The zero-order valence-electron chi connectivity index (χ0n) is 23.9. The molecule has 0 saturated carbocycles. The van der Waals surface area contributed by atoms with E-state index >= 15 is 0 Å². The molecular weight excluding hydrogens is 672 g/mol. The molecule has 8 nitrogen and oxygen atoms in total. The van der Waals surface area contributed by atoms with E-state index in [4.69, 9.17) is 4.74 Å². The van der Waals surface area contributed by atoms with Gasteiger partial charge in [-0.3, -0.25) is 23.7 Å². The molecule has 3 atom stereocenters. The topological polar surface area (TPSA) is 97.7 Å². The molecule has 47 heavy (non-hydrogen) atoms. The summed E-state index contributed by atoms with van der Waals surface area (Å²) in [6, 6.07) is 14.8. The summed E-state index contributed by atoms with van der Waals surface area (Å²) in [4.78, 5) is 54.3. The summed E-state index contributed by atoms with van der Waals surface area (Å²) in [7, 11) is 1.43. The molecule has 3 aromatic carbocycles. The van der Waals surface area contributed by atoms with Gasteiger partial charge in [0.1, 0.15) is 17.5 Å². The number of hydrogen-bond donors (Lipinski definition) is 1. The Hall–Kier alpha value is -4.57. The molecule has 6 rings (SSSR count). The number of benzene rings is 3. The fourth-order valence-electron chi connectivity index (χ4n) is 5.74. The summed E-state index contributed by atoms with van der Waals surface area (Å²) in [6.45, 7) is -0.737. The first kappa shape index (κ1) is 32.4. The van der Waals surface area contributed by atoms with Crippen LogP contribution in [0.4, 0.5) is 37.7 Å². The van der Waals surface area contributed by atoms with Gasteiger partial charge < -0.3 is 10.1 Å². The van der Waals surface area contributed by atoms with Crippen molar-refractivity contribution in [2.45, 2.75) is 35.1 Å². The number of alkyl halides is 6. The van der Waals surface area contributed by atoms with Gasteiger partial charge in [-0.1, -0.05) is 59.5 Å². The van der Waals surface area contributed by atoms with Crippen LogP contribution in [0.3, 0.4) is 0 Å². The second kappa shape index (κ2) is 11.9. The van der Waals surface area contributed by atoms with E-state index in [-0.39, 0.29) is 9.90 Å². The van der Waals surface area contributed by atoms with Gasteiger partial charge in [-0.2, -0.15) is 26.3 Å². The number of hydrogen-bond acceptors (Lipinski definition) is 7. The molecule has 16 heteroatoms. The van der Waals surface area contributed by atoms with Crippen molar-refractivity contribution in [1.82, 2.24) is 4.57 Å². The number of carbonyl (C=O) groups excluding carboxylic acids is 3. The van der Waals surface area contributed by atoms with Gasteiger partial charge in [0.15, 0.2) is 0 Å². The number of thiazole rings is 1. The Bertz CT molecular complexity index is 1950. The Morgan fingerprint density at radius 1 is 0.851 bits per heavy atom. The number of methoxy groups -OCH3 is 1. The summed E-state index contributed by atoms with van der Waals surface area (Å²) < 4.78 is 88.6. The van der Waals surface area contributed by atoms with Gasteiger partial charge in [-0.15, -0.1) is 0 Å². The monoisotopic (exact) mass is 693 g/mol. The Balaban J connectivity index is 1.42. The number of nitrogens with one attached hydrogen (secondary N) is 1. The first-order chi connectivity index (χ1) is 22.2. The highest BCUT2D eigenvalue weighted by molar-refractivity contribution is 8.00. The highest BCUT2D eigenvalue weighted by Crippen LogP contribution is 2.54. The van der Waals surface area contributed by atoms with Crippen LogP contribution in [0.5, 0.6) is 5.75 Å². The SMILES string of the molecule is COc1ccc([C@H]2c3sc(=O)n(CC(=O)Nc4ccccc4C(F)(F)F)c3SC3C(=O)N(c4ccccc4C(F)(F)F)C(=O)C32)cc1. The number of aromatic nitrogens is 1. The van der Waals surface area contributed by atoms with Gasteiger partial charge >= 0.3 is 17.2 Å². The smallest absolute Gasteiger partial charge is 0.418 e. The predicted molar refractivity (Wildman–Crippen MR) is 161 cm³/mol. The number of fused-ring (bicyclic) bond motifs is 2. The van der Waals surface area contributed by atoms with E-state index in [1.54, 1.807) is 24.3 Å². The highest BCUT2D eigenvalue weighted by Gasteiger charge is 2.57. The number of rotatable bonds is 6. The number of nitrogens with zero attached hydrogens (tertiary/aromatic N) is 2. The lowest BCUT2D eigenvalue weighted by Gasteiger charge is -2.30. The van der Waals surface area contributed by atoms with Gasteiger partial charge in [0.2, 0.25) is 17.7 Å². The fraction of sp³-hybridized carbons (Fsp3) is 0.226. The average Bonchev–Trinajstić information content (AvgIpc) is 3.46. The van der Waals surface area contributed by atoms with Crippen LogP contribution in [0.15, 0.2) is 82.6 Å². The van der Waals surface area contributed by atoms with Crippen LogP contribution < -0.4 is 19.8 Å². The Morgan fingerprint density at radius 2 is 1.47 bits per heavy atom. The van der Waals surface area contributed by atoms with Crippen molar-refractivity contribution < 1.29 is 45.5 Å². The molecule has 4 aromatic rings. The van der Waals surface area contributed by atoms with Crippen LogP contribution in [-0.4, -0.2) is 34.6 Å². The van der Waals surface area contributed by atoms with E-state index in [0.717, 1.165) is 52.7 Å². The van der Waals surface area contributed by atoms with Gasteiger partial charge in [-0.25, -0.2) is 4.90 Å². The summed E-state index contributed by atoms with van der Waals surface area (Å²) in [5, 5.41) is 0.994. The molecule has 244 valence electrons. The van der Waals surface area contributed by atoms with Crippen LogP contribution in [-0.2, 0) is 33.3 Å². The maximum absolute atomic E-state index is 14.0. The molecule has 0 aliphatic carbocycles. The predicted octanol–water partition coefficient (Wildman–Crippen LogP) is 6.39. The first-order valence-electron chi connectivity index (χ1n) is 13.7. The van der Waals surface area contributed by atoms with Crippen molar-refractivity contribution in [1.29, 1.82) is 0 Å². The summed E-state index contributed by atoms with van der Waals surface area (Å²) in [6.07, 6.45) is -9.66. The lowest BCUT2D eigenvalue weighted by atomic mass is 9.83. The minimum absolute atomic E-state index is 0.105. The molecule has 1 N–H and O–H groups in total. The van der Waals surface area contributed by atoms with Crippen molar-refractivity contribution >= 4 is 52.2 Å². The lowest BCUT2D eigenvalue weighted by molar-refractivity contribution is -0.138. The van der Waals surface area contributed by atoms with Crippen LogP contribution in [0, 0.1) is 5.92 Å². The van der Waals surface area contributed by atoms with Crippen molar-refractivity contribution in [3.8, 4) is 5.75 Å². The molecule has 3 heterocycles. The third-order valence-corrected chi connectivity index (χ3v) is 10.4. The minimum Gasteiger partial charge on any atom is -0.497 e. The number of carbonyl (C=O) groups is 3. The van der Waals surface area contributed by atoms with Crippen LogP contribution in [0.2, 0.25) is 0 Å². The molecule has 2 unspecified atom stereocenters. The number of para-hydroxylation sites is 2. The molecule has 2 aliphatic rings. The van der Waals surface area contributed by atoms with Gasteiger partial charge in [0.25, 0.3) is 0 Å². The molecule has 1 aromatic heterocycles. The summed E-state index contributed by atoms with van der Waals surface area (Å²) in [5.41, 5.74) is -3.00. The number of thioether (sulfide) groups is 1. The molecule has 3 amide bonds. The molecule has 0 radical (unpaired) electrons. The number of amides is 3. The third kappa shape index (κ3) is 5.79. The molecule has 0 bridgehead atoms. The highest BCUT2D eigenvalue weighted by atomic mass is 32.2. The normalized spacial score (nSPS) is 19.4. The minimum atomic E-state index is -4.88. The number of imide groups is 1. The fourth-order valence-corrected chi connectivity index (χ4v) is 8.52. The number of halogens is 6. The van der Waals surface area contributed by atoms with E-state index in [1.807, 2.05) is 0 Å². The molecule has 0 spiro atoms. The standard InChI is InChI=1S/C31H21F6N3O5S2/c1-45-16-12-10-15(11-13-16)22-23-24(27(43)40(26(23)42)20-9-5-3-7-18(20)31(35,36)37)46-28-25(22)47-29(44)39(28)14-21(41)38-19-8-4-2-6-17(19)30(32,33)34/h2-13,22-24H,14H2,1H3,(H,38,41)/t22-,23?,24?/m1/s1. The lowest BCUT2D eigenvalue weighted by Crippen LogP contribution is -2.33. The molecule has 1 saturated heterocycles. The summed E-state index contributed by atoms with van der Waals surface area (Å²) in [5.74, 6) is -4.58. The third-order valence-electron chi connectivity index (χ3n) is 7.78. The van der Waals surface area contributed by atoms with E-state index in [1.165, 1.54) is 19.2 Å².